The Bertz CT molecular complexity index is 511. The van der Waals surface area contributed by atoms with E-state index in [0.29, 0.717) is 4.21 Å². The summed E-state index contributed by atoms with van der Waals surface area (Å²) in [6.45, 7) is 1.92. The van der Waals surface area contributed by atoms with Crippen LogP contribution < -0.4 is 0 Å². The van der Waals surface area contributed by atoms with Crippen LogP contribution in [-0.4, -0.2) is 25.8 Å². The molecule has 2 rings (SSSR count). The van der Waals surface area contributed by atoms with E-state index in [1.165, 1.54) is 24.2 Å². The monoisotopic (exact) mass is 365 g/mol. The van der Waals surface area contributed by atoms with E-state index in [1.54, 1.807) is 17.4 Å². The number of nitrogens with zero attached hydrogens (tertiary/aromatic N) is 1. The molecular formula is C13H20BrNO2S2. The average molecular weight is 366 g/mol. The van der Waals surface area contributed by atoms with Gasteiger partial charge in [-0.05, 0) is 47.3 Å². The van der Waals surface area contributed by atoms with E-state index in [9.17, 15) is 8.42 Å². The van der Waals surface area contributed by atoms with Gasteiger partial charge in [-0.1, -0.05) is 25.7 Å². The van der Waals surface area contributed by atoms with Gasteiger partial charge in [0, 0.05) is 13.1 Å². The number of hydrogen-bond donors (Lipinski definition) is 0. The number of thiophene rings is 1. The molecule has 1 aromatic heterocycles. The van der Waals surface area contributed by atoms with Crippen LogP contribution in [0.2, 0.25) is 0 Å². The maximum atomic E-state index is 12.6. The van der Waals surface area contributed by atoms with Crippen molar-refractivity contribution in [2.24, 2.45) is 0 Å². The van der Waals surface area contributed by atoms with E-state index in [-0.39, 0.29) is 6.04 Å². The largest absolute Gasteiger partial charge is 0.252 e. The zero-order valence-electron chi connectivity index (χ0n) is 11.4. The van der Waals surface area contributed by atoms with Crippen molar-refractivity contribution in [2.75, 3.05) is 7.05 Å². The molecule has 1 aliphatic carbocycles. The molecule has 0 amide bonds. The highest BCUT2D eigenvalue weighted by Gasteiger charge is 2.30. The first-order chi connectivity index (χ1) is 8.93. The van der Waals surface area contributed by atoms with Crippen molar-refractivity contribution in [3.63, 3.8) is 0 Å². The minimum Gasteiger partial charge on any atom is -0.206 e. The van der Waals surface area contributed by atoms with Crippen molar-refractivity contribution in [3.05, 3.63) is 15.4 Å². The van der Waals surface area contributed by atoms with Crippen LogP contribution in [-0.2, 0) is 10.0 Å². The van der Waals surface area contributed by atoms with E-state index in [4.69, 9.17) is 0 Å². The Labute approximate surface area is 128 Å². The second-order valence-electron chi connectivity index (χ2n) is 5.19. The van der Waals surface area contributed by atoms with Crippen LogP contribution in [0.3, 0.4) is 0 Å². The fourth-order valence-corrected chi connectivity index (χ4v) is 6.35. The molecule has 0 aromatic carbocycles. The van der Waals surface area contributed by atoms with Crippen LogP contribution in [0.4, 0.5) is 0 Å². The summed E-state index contributed by atoms with van der Waals surface area (Å²) in [7, 11) is -1.60. The molecule has 1 fully saturated rings. The number of aryl methyl sites for hydroxylation is 1. The van der Waals surface area contributed by atoms with Gasteiger partial charge in [-0.25, -0.2) is 8.42 Å². The highest BCUT2D eigenvalue weighted by molar-refractivity contribution is 9.11. The Morgan fingerprint density at radius 1 is 1.26 bits per heavy atom. The predicted molar refractivity (Wildman–Crippen MR) is 83.2 cm³/mol. The zero-order valence-corrected chi connectivity index (χ0v) is 14.6. The molecular weight excluding hydrogens is 346 g/mol. The van der Waals surface area contributed by atoms with Crippen LogP contribution >= 0.6 is 27.3 Å². The smallest absolute Gasteiger partial charge is 0.206 e. The highest BCUT2D eigenvalue weighted by Crippen LogP contribution is 2.34. The van der Waals surface area contributed by atoms with Crippen molar-refractivity contribution in [1.29, 1.82) is 0 Å². The quantitative estimate of drug-likeness (QED) is 0.754. The summed E-state index contributed by atoms with van der Waals surface area (Å²) >= 11 is 4.71. The summed E-state index contributed by atoms with van der Waals surface area (Å²) in [6, 6.07) is 1.92. The topological polar surface area (TPSA) is 37.4 Å². The summed E-state index contributed by atoms with van der Waals surface area (Å²) in [5.74, 6) is 0. The van der Waals surface area contributed by atoms with E-state index < -0.39 is 10.0 Å². The van der Waals surface area contributed by atoms with E-state index in [1.807, 2.05) is 6.92 Å². The second kappa shape index (κ2) is 6.24. The number of rotatable bonds is 3. The minimum atomic E-state index is -3.33. The third-order valence-electron chi connectivity index (χ3n) is 3.81. The van der Waals surface area contributed by atoms with Gasteiger partial charge in [-0.3, -0.25) is 0 Å². The molecule has 19 heavy (non-hydrogen) atoms. The maximum Gasteiger partial charge on any atom is 0.252 e. The molecule has 0 spiro atoms. The molecule has 108 valence electrons. The average Bonchev–Trinajstić information content (AvgIpc) is 2.60. The molecule has 0 unspecified atom stereocenters. The molecule has 3 nitrogen and oxygen atoms in total. The van der Waals surface area contributed by atoms with Crippen molar-refractivity contribution in [3.8, 4) is 0 Å². The first kappa shape index (κ1) is 15.5. The Morgan fingerprint density at radius 2 is 1.84 bits per heavy atom. The highest BCUT2D eigenvalue weighted by atomic mass is 79.9. The molecule has 0 N–H and O–H groups in total. The van der Waals surface area contributed by atoms with Gasteiger partial charge in [0.25, 0.3) is 10.0 Å². The summed E-state index contributed by atoms with van der Waals surface area (Å²) in [6.07, 6.45) is 6.71. The molecule has 1 aliphatic rings. The molecule has 0 radical (unpaired) electrons. The molecule has 6 heteroatoms. The Morgan fingerprint density at radius 3 is 2.32 bits per heavy atom. The van der Waals surface area contributed by atoms with Crippen molar-refractivity contribution >= 4 is 37.3 Å². The summed E-state index contributed by atoms with van der Waals surface area (Å²) in [4.78, 5) is 0. The molecule has 1 saturated carbocycles. The lowest BCUT2D eigenvalue weighted by Gasteiger charge is -2.25. The molecule has 0 aliphatic heterocycles. The maximum absolute atomic E-state index is 12.6. The Balaban J connectivity index is 2.22. The fraction of sp³-hybridized carbons (Fsp3) is 0.692. The predicted octanol–water partition coefficient (Wildman–Crippen LogP) is 4.16. The molecule has 0 atom stereocenters. The molecule has 1 heterocycles. The lowest BCUT2D eigenvalue weighted by molar-refractivity contribution is 0.336. The lowest BCUT2D eigenvalue weighted by Crippen LogP contribution is -2.36. The lowest BCUT2D eigenvalue weighted by atomic mass is 10.1. The third kappa shape index (κ3) is 3.40. The summed E-state index contributed by atoms with van der Waals surface area (Å²) < 4.78 is 28.2. The van der Waals surface area contributed by atoms with Gasteiger partial charge in [0.15, 0.2) is 0 Å². The molecule has 0 bridgehead atoms. The van der Waals surface area contributed by atoms with Gasteiger partial charge in [0.1, 0.15) is 4.21 Å². The second-order valence-corrected chi connectivity index (χ2v) is 9.78. The SMILES string of the molecule is Cc1cc(S(=O)(=O)N(C)C2CCCCCC2)sc1Br. The van der Waals surface area contributed by atoms with Gasteiger partial charge in [0.05, 0.1) is 3.79 Å². The van der Waals surface area contributed by atoms with Gasteiger partial charge in [-0.2, -0.15) is 4.31 Å². The molecule has 1 aromatic rings. The van der Waals surface area contributed by atoms with Gasteiger partial charge < -0.3 is 0 Å². The Hall–Kier alpha value is 0.0900. The first-order valence-corrected chi connectivity index (χ1v) is 9.72. The number of halogens is 1. The van der Waals surface area contributed by atoms with Crippen LogP contribution in [0.1, 0.15) is 44.1 Å². The van der Waals surface area contributed by atoms with Crippen molar-refractivity contribution in [1.82, 2.24) is 4.31 Å². The van der Waals surface area contributed by atoms with Gasteiger partial charge in [-0.15, -0.1) is 11.3 Å². The Kier molecular flexibility index (Phi) is 5.09. The van der Waals surface area contributed by atoms with E-state index in [2.05, 4.69) is 15.9 Å². The first-order valence-electron chi connectivity index (χ1n) is 6.67. The van der Waals surface area contributed by atoms with Gasteiger partial charge >= 0.3 is 0 Å². The van der Waals surface area contributed by atoms with Crippen molar-refractivity contribution in [2.45, 2.75) is 55.7 Å². The van der Waals surface area contributed by atoms with Gasteiger partial charge in [0.2, 0.25) is 0 Å². The number of sulfonamides is 1. The standard InChI is InChI=1S/C13H20BrNO2S2/c1-10-9-12(18-13(10)14)19(16,17)15(2)11-7-5-3-4-6-8-11/h9,11H,3-8H2,1-2H3. The van der Waals surface area contributed by atoms with E-state index >= 15 is 0 Å². The van der Waals surface area contributed by atoms with Crippen LogP contribution in [0.25, 0.3) is 0 Å². The van der Waals surface area contributed by atoms with Crippen LogP contribution in [0, 0.1) is 6.92 Å². The molecule has 0 saturated heterocycles. The zero-order chi connectivity index (χ0) is 14.0. The third-order valence-corrected chi connectivity index (χ3v) is 8.30. The van der Waals surface area contributed by atoms with E-state index in [0.717, 1.165) is 35.0 Å². The number of hydrogen-bond acceptors (Lipinski definition) is 3. The van der Waals surface area contributed by atoms with Crippen LogP contribution in [0.15, 0.2) is 14.1 Å². The minimum absolute atomic E-state index is 0.161. The normalized spacial score (nSPS) is 18.7. The van der Waals surface area contributed by atoms with Crippen LogP contribution in [0.5, 0.6) is 0 Å². The summed E-state index contributed by atoms with van der Waals surface area (Å²) in [5.41, 5.74) is 0.984. The van der Waals surface area contributed by atoms with Crippen molar-refractivity contribution < 1.29 is 8.42 Å². The summed E-state index contributed by atoms with van der Waals surface area (Å²) in [5, 5.41) is 0. The fourth-order valence-electron chi connectivity index (χ4n) is 2.52.